The van der Waals surface area contributed by atoms with Crippen LogP contribution >= 0.6 is 0 Å². The number of nitrogens with one attached hydrogen (secondary N) is 1. The third-order valence-corrected chi connectivity index (χ3v) is 3.55. The molecule has 4 nitrogen and oxygen atoms in total. The van der Waals surface area contributed by atoms with Gasteiger partial charge in [0.05, 0.1) is 6.61 Å². The quantitative estimate of drug-likeness (QED) is 0.879. The van der Waals surface area contributed by atoms with E-state index in [1.165, 1.54) is 16.7 Å². The first-order valence-electron chi connectivity index (χ1n) is 8.31. The zero-order valence-corrected chi connectivity index (χ0v) is 14.6. The molecule has 0 unspecified atom stereocenters. The van der Waals surface area contributed by atoms with E-state index >= 15 is 0 Å². The van der Waals surface area contributed by atoms with Gasteiger partial charge in [0.1, 0.15) is 11.4 Å². The van der Waals surface area contributed by atoms with Crippen LogP contribution in [0.25, 0.3) is 5.57 Å². The number of fused-ring (bicyclic) bond motifs is 1. The summed E-state index contributed by atoms with van der Waals surface area (Å²) >= 11 is 0. The summed E-state index contributed by atoms with van der Waals surface area (Å²) in [4.78, 5) is 11.7. The summed E-state index contributed by atoms with van der Waals surface area (Å²) in [5.74, 6) is 0.949. The normalized spacial score (nSPS) is 15.4. The highest BCUT2D eigenvalue weighted by Gasteiger charge is 2.20. The first-order chi connectivity index (χ1) is 10.9. The molecular formula is C19H27NO3. The van der Waals surface area contributed by atoms with Gasteiger partial charge in [-0.25, -0.2) is 4.79 Å². The number of allylic oxidation sites excluding steroid dienone is 1. The summed E-state index contributed by atoms with van der Waals surface area (Å²) in [6.07, 6.45) is 4.68. The summed E-state index contributed by atoms with van der Waals surface area (Å²) in [5.41, 5.74) is 3.29. The van der Waals surface area contributed by atoms with Crippen LogP contribution in [0.15, 0.2) is 24.3 Å². The van der Waals surface area contributed by atoms with E-state index in [-0.39, 0.29) is 6.09 Å². The third-order valence-electron chi connectivity index (χ3n) is 3.55. The van der Waals surface area contributed by atoms with E-state index in [1.54, 1.807) is 0 Å². The molecule has 2 rings (SSSR count). The molecule has 0 aliphatic heterocycles. The fourth-order valence-electron chi connectivity index (χ4n) is 2.65. The number of hydrogen-bond donors (Lipinski definition) is 1. The van der Waals surface area contributed by atoms with Crippen LogP contribution in [0.2, 0.25) is 0 Å². The van der Waals surface area contributed by atoms with E-state index in [2.05, 4.69) is 24.4 Å². The minimum atomic E-state index is -0.474. The number of ether oxygens (including phenoxy) is 2. The van der Waals surface area contributed by atoms with Crippen molar-refractivity contribution in [3.63, 3.8) is 0 Å². The maximum atomic E-state index is 11.7. The largest absolute Gasteiger partial charge is 0.493 e. The lowest BCUT2D eigenvalue weighted by Gasteiger charge is -2.19. The van der Waals surface area contributed by atoms with Crippen LogP contribution < -0.4 is 10.1 Å². The second kappa shape index (κ2) is 7.53. The summed E-state index contributed by atoms with van der Waals surface area (Å²) < 4.78 is 11.1. The first-order valence-corrected chi connectivity index (χ1v) is 8.31. The number of benzene rings is 1. The molecule has 0 saturated carbocycles. The average Bonchev–Trinajstić information content (AvgIpc) is 2.87. The van der Waals surface area contributed by atoms with E-state index in [4.69, 9.17) is 9.47 Å². The molecule has 1 aliphatic rings. The van der Waals surface area contributed by atoms with E-state index in [1.807, 2.05) is 32.9 Å². The zero-order valence-electron chi connectivity index (χ0n) is 14.6. The Morgan fingerprint density at radius 2 is 2.09 bits per heavy atom. The van der Waals surface area contributed by atoms with Crippen molar-refractivity contribution in [1.82, 2.24) is 5.32 Å². The number of amides is 1. The first kappa shape index (κ1) is 17.4. The van der Waals surface area contributed by atoms with Gasteiger partial charge < -0.3 is 14.8 Å². The number of carbonyl (C=O) groups excluding carboxylic acids is 1. The van der Waals surface area contributed by atoms with Gasteiger partial charge in [0.25, 0.3) is 0 Å². The number of hydrogen-bond acceptors (Lipinski definition) is 3. The molecule has 0 bridgehead atoms. The molecule has 1 aromatic rings. The van der Waals surface area contributed by atoms with E-state index in [0.29, 0.717) is 6.54 Å². The number of aryl methyl sites for hydroxylation is 1. The predicted molar refractivity (Wildman–Crippen MR) is 92.8 cm³/mol. The summed E-state index contributed by atoms with van der Waals surface area (Å²) in [6, 6.07) is 6.22. The van der Waals surface area contributed by atoms with Gasteiger partial charge in [-0.3, -0.25) is 0 Å². The molecule has 0 saturated heterocycles. The topological polar surface area (TPSA) is 47.6 Å². The second-order valence-corrected chi connectivity index (χ2v) is 6.75. The van der Waals surface area contributed by atoms with Crippen molar-refractivity contribution >= 4 is 11.7 Å². The number of carbonyl (C=O) groups is 1. The van der Waals surface area contributed by atoms with Gasteiger partial charge in [-0.1, -0.05) is 25.1 Å². The molecule has 0 spiro atoms. The maximum absolute atomic E-state index is 11.7. The van der Waals surface area contributed by atoms with Crippen molar-refractivity contribution in [2.45, 2.75) is 52.6 Å². The molecule has 0 fully saturated rings. The maximum Gasteiger partial charge on any atom is 0.407 e. The van der Waals surface area contributed by atoms with Gasteiger partial charge in [-0.05, 0) is 57.2 Å². The fraction of sp³-hybridized carbons (Fsp3) is 0.526. The molecule has 1 aromatic carbocycles. The lowest BCUT2D eigenvalue weighted by molar-refractivity contribution is 0.0534. The third kappa shape index (κ3) is 5.02. The van der Waals surface area contributed by atoms with Gasteiger partial charge in [0, 0.05) is 12.1 Å². The van der Waals surface area contributed by atoms with Crippen molar-refractivity contribution in [2.24, 2.45) is 0 Å². The predicted octanol–water partition coefficient (Wildman–Crippen LogP) is 4.33. The Hall–Kier alpha value is -1.97. The molecule has 126 valence electrons. The molecule has 1 N–H and O–H groups in total. The highest BCUT2D eigenvalue weighted by atomic mass is 16.6. The van der Waals surface area contributed by atoms with Crippen LogP contribution in [0.1, 0.15) is 51.7 Å². The van der Waals surface area contributed by atoms with Crippen LogP contribution in [0.5, 0.6) is 5.75 Å². The highest BCUT2D eigenvalue weighted by molar-refractivity contribution is 5.77. The van der Waals surface area contributed by atoms with Gasteiger partial charge in [0.15, 0.2) is 0 Å². The molecule has 4 heteroatoms. The van der Waals surface area contributed by atoms with Gasteiger partial charge in [-0.2, -0.15) is 0 Å². The smallest absolute Gasteiger partial charge is 0.407 e. The number of rotatable bonds is 5. The lowest BCUT2D eigenvalue weighted by atomic mass is 10.1. The minimum Gasteiger partial charge on any atom is -0.493 e. The SMILES string of the molecule is CCCOc1cccc2c1/C(=C/CNC(=O)OC(C)(C)C)CC2. The molecule has 1 amide bonds. The van der Waals surface area contributed by atoms with Crippen LogP contribution in [0.3, 0.4) is 0 Å². The van der Waals surface area contributed by atoms with Crippen LogP contribution in [-0.2, 0) is 11.2 Å². The number of alkyl carbamates (subject to hydrolysis) is 1. The van der Waals surface area contributed by atoms with Gasteiger partial charge in [0.2, 0.25) is 0 Å². The Kier molecular flexibility index (Phi) is 5.69. The average molecular weight is 317 g/mol. The second-order valence-electron chi connectivity index (χ2n) is 6.75. The Labute approximate surface area is 138 Å². The minimum absolute atomic E-state index is 0.386. The van der Waals surface area contributed by atoms with E-state index in [0.717, 1.165) is 31.6 Å². The Morgan fingerprint density at radius 3 is 2.78 bits per heavy atom. The fourth-order valence-corrected chi connectivity index (χ4v) is 2.65. The lowest BCUT2D eigenvalue weighted by Crippen LogP contribution is -2.32. The van der Waals surface area contributed by atoms with Crippen LogP contribution in [0.4, 0.5) is 4.79 Å². The zero-order chi connectivity index (χ0) is 16.9. The highest BCUT2D eigenvalue weighted by Crippen LogP contribution is 2.38. The molecule has 0 atom stereocenters. The summed E-state index contributed by atoms with van der Waals surface area (Å²) in [7, 11) is 0. The van der Waals surface area contributed by atoms with Crippen molar-refractivity contribution < 1.29 is 14.3 Å². The van der Waals surface area contributed by atoms with Gasteiger partial charge in [-0.15, -0.1) is 0 Å². The van der Waals surface area contributed by atoms with Crippen molar-refractivity contribution in [2.75, 3.05) is 13.2 Å². The van der Waals surface area contributed by atoms with Crippen molar-refractivity contribution in [1.29, 1.82) is 0 Å². The monoisotopic (exact) mass is 317 g/mol. The molecular weight excluding hydrogens is 290 g/mol. The molecule has 23 heavy (non-hydrogen) atoms. The molecule has 0 aromatic heterocycles. The van der Waals surface area contributed by atoms with Crippen molar-refractivity contribution in [3.8, 4) is 5.75 Å². The molecule has 1 aliphatic carbocycles. The van der Waals surface area contributed by atoms with E-state index in [9.17, 15) is 4.79 Å². The van der Waals surface area contributed by atoms with E-state index < -0.39 is 5.60 Å². The Morgan fingerprint density at radius 1 is 1.30 bits per heavy atom. The standard InChI is InChI=1S/C19H27NO3/c1-5-13-22-16-8-6-7-14-9-10-15(17(14)16)11-12-20-18(21)23-19(2,3)4/h6-8,11H,5,9-10,12-13H2,1-4H3,(H,20,21)/b15-11+. The van der Waals surface area contributed by atoms with Crippen LogP contribution in [-0.4, -0.2) is 24.8 Å². The van der Waals surface area contributed by atoms with Crippen molar-refractivity contribution in [3.05, 3.63) is 35.4 Å². The van der Waals surface area contributed by atoms with Crippen LogP contribution in [0, 0.1) is 0 Å². The Balaban J connectivity index is 2.02. The molecule has 0 heterocycles. The summed E-state index contributed by atoms with van der Waals surface area (Å²) in [6.45, 7) is 8.86. The Bertz CT molecular complexity index is 585. The molecule has 0 radical (unpaired) electrons. The summed E-state index contributed by atoms with van der Waals surface area (Å²) in [5, 5.41) is 2.78. The van der Waals surface area contributed by atoms with Gasteiger partial charge >= 0.3 is 6.09 Å².